The summed E-state index contributed by atoms with van der Waals surface area (Å²) in [5, 5.41) is 0.639. The van der Waals surface area contributed by atoms with Crippen LogP contribution in [-0.2, 0) is 0 Å². The molecule has 0 aromatic carbocycles. The summed E-state index contributed by atoms with van der Waals surface area (Å²) in [7, 11) is 0. The molecule has 2 heterocycles. The molecule has 2 aromatic rings. The molecule has 3 rings (SSSR count). The van der Waals surface area contributed by atoms with E-state index in [1.54, 1.807) is 6.20 Å². The number of pyridine rings is 1. The Kier molecular flexibility index (Phi) is 2.71. The van der Waals surface area contributed by atoms with Gasteiger partial charge in [-0.25, -0.2) is 4.98 Å². The second kappa shape index (κ2) is 4.10. The average molecular weight is 268 g/mol. The molecule has 0 amide bonds. The Labute approximate surface area is 110 Å². The maximum atomic E-state index is 5.94. The zero-order valence-electron chi connectivity index (χ0n) is 9.61. The topological polar surface area (TPSA) is 33.6 Å². The van der Waals surface area contributed by atoms with Gasteiger partial charge in [0.25, 0.3) is 0 Å². The minimum atomic E-state index is 0.477. The molecule has 3 nitrogen and oxygen atoms in total. The molecule has 0 bridgehead atoms. The first-order valence-electron chi connectivity index (χ1n) is 5.92. The van der Waals surface area contributed by atoms with Gasteiger partial charge in [-0.1, -0.05) is 24.9 Å². The third-order valence-corrected chi connectivity index (χ3v) is 4.18. The number of halogens is 1. The van der Waals surface area contributed by atoms with Gasteiger partial charge in [-0.3, -0.25) is 4.57 Å². The SMILES string of the molecule is CC1CCCC1n1c(=S)[nH]c2cc(Cl)cnc21. The van der Waals surface area contributed by atoms with Crippen molar-refractivity contribution in [2.24, 2.45) is 5.92 Å². The average Bonchev–Trinajstić information content (AvgIpc) is 2.80. The Bertz CT molecular complexity index is 616. The second-order valence-corrected chi connectivity index (χ2v) is 5.62. The first kappa shape index (κ1) is 11.2. The molecule has 2 aromatic heterocycles. The maximum Gasteiger partial charge on any atom is 0.179 e. The predicted molar refractivity (Wildman–Crippen MR) is 72.0 cm³/mol. The van der Waals surface area contributed by atoms with E-state index < -0.39 is 0 Å². The van der Waals surface area contributed by atoms with Crippen LogP contribution in [0.25, 0.3) is 11.2 Å². The molecule has 5 heteroatoms. The lowest BCUT2D eigenvalue weighted by molar-refractivity contribution is 0.411. The number of rotatable bonds is 1. The molecule has 1 aliphatic carbocycles. The Morgan fingerprint density at radius 1 is 1.53 bits per heavy atom. The van der Waals surface area contributed by atoms with Crippen molar-refractivity contribution in [1.82, 2.24) is 14.5 Å². The van der Waals surface area contributed by atoms with Crippen LogP contribution in [0.4, 0.5) is 0 Å². The van der Waals surface area contributed by atoms with Gasteiger partial charge >= 0.3 is 0 Å². The van der Waals surface area contributed by atoms with Gasteiger partial charge < -0.3 is 4.98 Å². The highest BCUT2D eigenvalue weighted by Gasteiger charge is 2.27. The molecule has 90 valence electrons. The monoisotopic (exact) mass is 267 g/mol. The lowest BCUT2D eigenvalue weighted by Crippen LogP contribution is -2.12. The molecule has 1 saturated carbocycles. The van der Waals surface area contributed by atoms with E-state index in [-0.39, 0.29) is 0 Å². The molecule has 0 spiro atoms. The van der Waals surface area contributed by atoms with E-state index in [0.717, 1.165) is 15.9 Å². The van der Waals surface area contributed by atoms with E-state index in [1.165, 1.54) is 19.3 Å². The van der Waals surface area contributed by atoms with E-state index in [0.29, 0.717) is 17.0 Å². The number of nitrogens with zero attached hydrogens (tertiary/aromatic N) is 2. The van der Waals surface area contributed by atoms with Gasteiger partial charge in [0.05, 0.1) is 10.5 Å². The third-order valence-electron chi connectivity index (χ3n) is 3.67. The fourth-order valence-electron chi connectivity index (χ4n) is 2.80. The fraction of sp³-hybridized carbons (Fsp3) is 0.500. The van der Waals surface area contributed by atoms with E-state index >= 15 is 0 Å². The summed E-state index contributed by atoms with van der Waals surface area (Å²) in [4.78, 5) is 7.61. The molecule has 1 N–H and O–H groups in total. The summed E-state index contributed by atoms with van der Waals surface area (Å²) in [5.74, 6) is 0.665. The Balaban J connectivity index is 2.22. The minimum absolute atomic E-state index is 0.477. The van der Waals surface area contributed by atoms with Gasteiger partial charge in [-0.2, -0.15) is 0 Å². The van der Waals surface area contributed by atoms with E-state index in [1.807, 2.05) is 6.07 Å². The van der Waals surface area contributed by atoms with E-state index in [4.69, 9.17) is 23.8 Å². The second-order valence-electron chi connectivity index (χ2n) is 4.80. The maximum absolute atomic E-state index is 5.94. The van der Waals surface area contributed by atoms with E-state index in [2.05, 4.69) is 21.5 Å². The number of aromatic nitrogens is 3. The van der Waals surface area contributed by atoms with Gasteiger partial charge in [0.2, 0.25) is 0 Å². The van der Waals surface area contributed by atoms with Crippen molar-refractivity contribution in [3.8, 4) is 0 Å². The molecule has 17 heavy (non-hydrogen) atoms. The molecular weight excluding hydrogens is 254 g/mol. The Morgan fingerprint density at radius 3 is 3.06 bits per heavy atom. The molecule has 0 radical (unpaired) electrons. The number of nitrogens with one attached hydrogen (secondary N) is 1. The number of H-pyrrole nitrogens is 1. The highest BCUT2D eigenvalue weighted by molar-refractivity contribution is 7.71. The van der Waals surface area contributed by atoms with Crippen molar-refractivity contribution in [2.75, 3.05) is 0 Å². The Morgan fingerprint density at radius 2 is 2.35 bits per heavy atom. The fourth-order valence-corrected chi connectivity index (χ4v) is 3.29. The quantitative estimate of drug-likeness (QED) is 0.789. The summed E-state index contributed by atoms with van der Waals surface area (Å²) in [6.07, 6.45) is 5.41. The standard InChI is InChI=1S/C12H14ClN3S/c1-7-3-2-4-10(7)16-11-9(15-12(16)17)5-8(13)6-14-11/h5-7,10H,2-4H2,1H3,(H,15,17). The summed E-state index contributed by atoms with van der Waals surface area (Å²) >= 11 is 11.4. The largest absolute Gasteiger partial charge is 0.329 e. The van der Waals surface area contributed by atoms with Crippen LogP contribution in [-0.4, -0.2) is 14.5 Å². The van der Waals surface area contributed by atoms with Crippen LogP contribution in [0.3, 0.4) is 0 Å². The number of fused-ring (bicyclic) bond motifs is 1. The summed E-state index contributed by atoms with van der Waals surface area (Å²) in [6, 6.07) is 2.36. The zero-order valence-corrected chi connectivity index (χ0v) is 11.2. The van der Waals surface area contributed by atoms with Crippen LogP contribution in [0.2, 0.25) is 5.02 Å². The number of hydrogen-bond donors (Lipinski definition) is 1. The van der Waals surface area contributed by atoms with Crippen molar-refractivity contribution in [3.05, 3.63) is 22.1 Å². The first-order chi connectivity index (χ1) is 8.16. The molecule has 2 unspecified atom stereocenters. The number of hydrogen-bond acceptors (Lipinski definition) is 2. The van der Waals surface area contributed by atoms with E-state index in [9.17, 15) is 0 Å². The van der Waals surface area contributed by atoms with Gasteiger partial charge in [0, 0.05) is 12.2 Å². The highest BCUT2D eigenvalue weighted by atomic mass is 35.5. The molecule has 1 fully saturated rings. The Hall–Kier alpha value is -0.870. The van der Waals surface area contributed by atoms with Gasteiger partial charge in [0.15, 0.2) is 10.4 Å². The minimum Gasteiger partial charge on any atom is -0.329 e. The lowest BCUT2D eigenvalue weighted by atomic mass is 10.1. The normalized spacial score (nSPS) is 24.6. The van der Waals surface area contributed by atoms with Gasteiger partial charge in [-0.15, -0.1) is 0 Å². The smallest absolute Gasteiger partial charge is 0.179 e. The molecule has 2 atom stereocenters. The van der Waals surface area contributed by atoms with Crippen LogP contribution in [0.5, 0.6) is 0 Å². The number of imidazole rings is 1. The van der Waals surface area contributed by atoms with Gasteiger partial charge in [-0.05, 0) is 37.0 Å². The third kappa shape index (κ3) is 1.79. The molecular formula is C12H14ClN3S. The molecule has 1 aliphatic rings. The van der Waals surface area contributed by atoms with Crippen molar-refractivity contribution >= 4 is 35.0 Å². The number of aromatic amines is 1. The lowest BCUT2D eigenvalue weighted by Gasteiger charge is -2.17. The van der Waals surface area contributed by atoms with Crippen LogP contribution >= 0.6 is 23.8 Å². The zero-order chi connectivity index (χ0) is 12.0. The van der Waals surface area contributed by atoms with Crippen LogP contribution < -0.4 is 0 Å². The predicted octanol–water partition coefficient (Wildman–Crippen LogP) is 4.11. The van der Waals surface area contributed by atoms with Gasteiger partial charge in [0.1, 0.15) is 0 Å². The van der Waals surface area contributed by atoms with Crippen molar-refractivity contribution in [3.63, 3.8) is 0 Å². The summed E-state index contributed by atoms with van der Waals surface area (Å²) in [6.45, 7) is 2.29. The van der Waals surface area contributed by atoms with Crippen LogP contribution in [0.1, 0.15) is 32.2 Å². The van der Waals surface area contributed by atoms with Crippen LogP contribution in [0, 0.1) is 10.7 Å². The van der Waals surface area contributed by atoms with Crippen molar-refractivity contribution in [1.29, 1.82) is 0 Å². The van der Waals surface area contributed by atoms with Crippen molar-refractivity contribution < 1.29 is 0 Å². The summed E-state index contributed by atoms with van der Waals surface area (Å²) < 4.78 is 2.92. The first-order valence-corrected chi connectivity index (χ1v) is 6.71. The van der Waals surface area contributed by atoms with Crippen molar-refractivity contribution in [2.45, 2.75) is 32.2 Å². The summed E-state index contributed by atoms with van der Waals surface area (Å²) in [5.41, 5.74) is 1.86. The molecule has 0 aliphatic heterocycles. The van der Waals surface area contributed by atoms with Crippen LogP contribution in [0.15, 0.2) is 12.3 Å². The highest BCUT2D eigenvalue weighted by Crippen LogP contribution is 2.37. The molecule has 0 saturated heterocycles.